The summed E-state index contributed by atoms with van der Waals surface area (Å²) in [6.07, 6.45) is 4.49. The molecular formula is C23H28ClN5O6S. The van der Waals surface area contributed by atoms with Crippen molar-refractivity contribution in [1.29, 1.82) is 0 Å². The number of carbonyl (C=O) groups is 1. The van der Waals surface area contributed by atoms with Crippen molar-refractivity contribution in [3.05, 3.63) is 39.8 Å². The van der Waals surface area contributed by atoms with Crippen molar-refractivity contribution >= 4 is 38.9 Å². The molecule has 0 saturated carbocycles. The number of rotatable bonds is 6. The van der Waals surface area contributed by atoms with E-state index >= 15 is 0 Å². The van der Waals surface area contributed by atoms with E-state index in [1.54, 1.807) is 6.20 Å². The van der Waals surface area contributed by atoms with Crippen molar-refractivity contribution < 1.29 is 22.7 Å². The summed E-state index contributed by atoms with van der Waals surface area (Å²) in [5.74, 6) is 0.399. The van der Waals surface area contributed by atoms with E-state index in [-0.39, 0.29) is 41.6 Å². The summed E-state index contributed by atoms with van der Waals surface area (Å²) >= 11 is 6.37. The summed E-state index contributed by atoms with van der Waals surface area (Å²) in [6, 6.07) is 4.14. The van der Waals surface area contributed by atoms with E-state index in [4.69, 9.17) is 21.1 Å². The molecule has 0 radical (unpaired) electrons. The quantitative estimate of drug-likeness (QED) is 0.572. The Hall–Kier alpha value is -2.67. The van der Waals surface area contributed by atoms with Crippen LogP contribution < -0.4 is 20.9 Å². The van der Waals surface area contributed by atoms with Crippen molar-refractivity contribution in [1.82, 2.24) is 14.1 Å². The summed E-state index contributed by atoms with van der Waals surface area (Å²) in [7, 11) is -3.77. The van der Waals surface area contributed by atoms with Crippen LogP contribution in [0.4, 0.5) is 11.4 Å². The normalized spacial score (nSPS) is 21.4. The van der Waals surface area contributed by atoms with Crippen LogP contribution in [0.1, 0.15) is 31.7 Å². The van der Waals surface area contributed by atoms with E-state index in [0.717, 1.165) is 19.4 Å². The second-order valence-electron chi connectivity index (χ2n) is 9.22. The molecule has 3 aliphatic heterocycles. The largest absolute Gasteiger partial charge is 0.482 e. The van der Waals surface area contributed by atoms with Gasteiger partial charge in [-0.3, -0.25) is 9.59 Å². The molecule has 11 nitrogen and oxygen atoms in total. The highest BCUT2D eigenvalue weighted by molar-refractivity contribution is 7.89. The standard InChI is InChI=1S/C23H28ClN5O6S/c24-22-19(25-11-15-2-1-9-34-13-15)12-26-29(23(22)31)16-5-7-28(8-6-16)36(32,33)17-3-4-18-20(10-17)35-14-21(30)27-18/h3-4,10,12,15-16,25H,1-2,5-9,11,13-14H2,(H,27,30)/t15-/m1/s1. The van der Waals surface area contributed by atoms with Gasteiger partial charge in [-0.05, 0) is 43.7 Å². The van der Waals surface area contributed by atoms with Crippen molar-refractivity contribution in [2.24, 2.45) is 5.92 Å². The first-order valence-electron chi connectivity index (χ1n) is 12.0. The lowest BCUT2D eigenvalue weighted by molar-refractivity contribution is -0.118. The second kappa shape index (κ2) is 10.4. The zero-order chi connectivity index (χ0) is 25.3. The minimum atomic E-state index is -3.77. The fourth-order valence-electron chi connectivity index (χ4n) is 4.74. The van der Waals surface area contributed by atoms with Crippen LogP contribution in [0.5, 0.6) is 5.75 Å². The Morgan fingerprint density at radius 3 is 2.75 bits per heavy atom. The van der Waals surface area contributed by atoms with Gasteiger partial charge in [0.1, 0.15) is 10.8 Å². The SMILES string of the molecule is O=C1COc2cc(S(=O)(=O)N3CCC(n4ncc(NC[C@H]5CCCOC5)c(Cl)c4=O)CC3)ccc2N1. The topological polar surface area (TPSA) is 132 Å². The number of aromatic nitrogens is 2. The Morgan fingerprint density at radius 2 is 2.00 bits per heavy atom. The van der Waals surface area contributed by atoms with Gasteiger partial charge in [-0.25, -0.2) is 13.1 Å². The number of benzene rings is 1. The highest BCUT2D eigenvalue weighted by Crippen LogP contribution is 2.33. The summed E-state index contributed by atoms with van der Waals surface area (Å²) in [5, 5.41) is 10.3. The third kappa shape index (κ3) is 5.08. The summed E-state index contributed by atoms with van der Waals surface area (Å²) in [5.41, 5.74) is 0.544. The zero-order valence-electron chi connectivity index (χ0n) is 19.6. The molecule has 3 aliphatic rings. The number of piperidine rings is 1. The first kappa shape index (κ1) is 25.0. The Kier molecular flexibility index (Phi) is 7.20. The third-order valence-electron chi connectivity index (χ3n) is 6.77. The number of amides is 1. The molecule has 2 fully saturated rings. The maximum atomic E-state index is 13.2. The van der Waals surface area contributed by atoms with Gasteiger partial charge in [0, 0.05) is 32.3 Å². The molecule has 36 heavy (non-hydrogen) atoms. The van der Waals surface area contributed by atoms with Crippen LogP contribution in [0.15, 0.2) is 34.1 Å². The molecule has 2 aromatic rings. The van der Waals surface area contributed by atoms with E-state index in [1.807, 2.05) is 0 Å². The van der Waals surface area contributed by atoms with Crippen LogP contribution >= 0.6 is 11.6 Å². The average Bonchev–Trinajstić information content (AvgIpc) is 2.90. The van der Waals surface area contributed by atoms with Gasteiger partial charge in [0.15, 0.2) is 6.61 Å². The molecule has 4 heterocycles. The molecule has 1 aromatic carbocycles. The molecule has 1 aromatic heterocycles. The van der Waals surface area contributed by atoms with Crippen LogP contribution in [0.2, 0.25) is 5.02 Å². The number of nitrogens with one attached hydrogen (secondary N) is 2. The van der Waals surface area contributed by atoms with Gasteiger partial charge < -0.3 is 20.1 Å². The van der Waals surface area contributed by atoms with Gasteiger partial charge in [-0.15, -0.1) is 0 Å². The zero-order valence-corrected chi connectivity index (χ0v) is 21.2. The second-order valence-corrected chi connectivity index (χ2v) is 11.5. The number of hydrogen-bond acceptors (Lipinski definition) is 8. The summed E-state index contributed by atoms with van der Waals surface area (Å²) < 4.78 is 40.0. The predicted octanol–water partition coefficient (Wildman–Crippen LogP) is 2.09. The molecule has 0 spiro atoms. The Morgan fingerprint density at radius 1 is 1.19 bits per heavy atom. The molecule has 0 bridgehead atoms. The fraction of sp³-hybridized carbons (Fsp3) is 0.522. The van der Waals surface area contributed by atoms with Crippen LogP contribution in [0.25, 0.3) is 0 Å². The number of nitrogens with zero attached hydrogens (tertiary/aromatic N) is 3. The first-order valence-corrected chi connectivity index (χ1v) is 13.8. The number of anilines is 2. The van der Waals surface area contributed by atoms with Crippen LogP contribution in [-0.2, 0) is 19.6 Å². The van der Waals surface area contributed by atoms with Gasteiger partial charge in [0.05, 0.1) is 35.1 Å². The fourth-order valence-corrected chi connectivity index (χ4v) is 6.43. The highest BCUT2D eigenvalue weighted by Gasteiger charge is 2.32. The van der Waals surface area contributed by atoms with Crippen LogP contribution in [0, 0.1) is 5.92 Å². The lowest BCUT2D eigenvalue weighted by Crippen LogP contribution is -2.41. The molecule has 1 atom stereocenters. The number of sulfonamides is 1. The molecule has 5 rings (SSSR count). The Balaban J connectivity index is 1.23. The van der Waals surface area contributed by atoms with E-state index in [0.29, 0.717) is 49.0 Å². The molecule has 1 amide bonds. The van der Waals surface area contributed by atoms with Gasteiger partial charge in [0.25, 0.3) is 11.5 Å². The molecule has 0 aliphatic carbocycles. The van der Waals surface area contributed by atoms with Gasteiger partial charge >= 0.3 is 0 Å². The molecule has 13 heteroatoms. The average molecular weight is 538 g/mol. The number of halogens is 1. The van der Waals surface area contributed by atoms with Gasteiger partial charge in [-0.2, -0.15) is 9.40 Å². The van der Waals surface area contributed by atoms with Gasteiger partial charge in [-0.1, -0.05) is 11.6 Å². The van der Waals surface area contributed by atoms with E-state index in [1.165, 1.54) is 27.2 Å². The molecule has 2 saturated heterocycles. The number of hydrogen-bond donors (Lipinski definition) is 2. The Labute approximate surface area is 213 Å². The van der Waals surface area contributed by atoms with Crippen molar-refractivity contribution in [2.45, 2.75) is 36.6 Å². The lowest BCUT2D eigenvalue weighted by Gasteiger charge is -2.32. The monoisotopic (exact) mass is 537 g/mol. The van der Waals surface area contributed by atoms with Crippen molar-refractivity contribution in [3.63, 3.8) is 0 Å². The van der Waals surface area contributed by atoms with E-state index in [2.05, 4.69) is 15.7 Å². The maximum Gasteiger partial charge on any atom is 0.287 e. The van der Waals surface area contributed by atoms with E-state index < -0.39 is 15.6 Å². The summed E-state index contributed by atoms with van der Waals surface area (Å²) in [6.45, 7) is 2.43. The molecular weight excluding hydrogens is 510 g/mol. The minimum absolute atomic E-state index is 0.0814. The smallest absolute Gasteiger partial charge is 0.287 e. The molecule has 0 unspecified atom stereocenters. The highest BCUT2D eigenvalue weighted by atomic mass is 35.5. The first-order chi connectivity index (χ1) is 17.3. The number of ether oxygens (including phenoxy) is 2. The van der Waals surface area contributed by atoms with Gasteiger partial charge in [0.2, 0.25) is 10.0 Å². The van der Waals surface area contributed by atoms with Crippen molar-refractivity contribution in [3.8, 4) is 5.75 Å². The lowest BCUT2D eigenvalue weighted by atomic mass is 10.0. The third-order valence-corrected chi connectivity index (χ3v) is 9.03. The van der Waals surface area contributed by atoms with E-state index in [9.17, 15) is 18.0 Å². The number of carbonyl (C=O) groups excluding carboxylic acids is 1. The molecule has 194 valence electrons. The van der Waals surface area contributed by atoms with Crippen LogP contribution in [0.3, 0.4) is 0 Å². The predicted molar refractivity (Wildman–Crippen MR) is 133 cm³/mol. The Bertz CT molecular complexity index is 1300. The maximum absolute atomic E-state index is 13.2. The molecule has 2 N–H and O–H groups in total. The number of fused-ring (bicyclic) bond motifs is 1. The van der Waals surface area contributed by atoms with Crippen LogP contribution in [-0.4, -0.2) is 67.9 Å². The minimum Gasteiger partial charge on any atom is -0.482 e. The summed E-state index contributed by atoms with van der Waals surface area (Å²) in [4.78, 5) is 24.5. The van der Waals surface area contributed by atoms with Crippen molar-refractivity contribution in [2.75, 3.05) is 50.1 Å².